The van der Waals surface area contributed by atoms with Crippen molar-refractivity contribution in [3.05, 3.63) is 81.9 Å². The zero-order valence-corrected chi connectivity index (χ0v) is 26.8. The summed E-state index contributed by atoms with van der Waals surface area (Å²) in [4.78, 5) is 35.3. The molecule has 1 amide bonds. The highest BCUT2D eigenvalue weighted by atomic mass is 35.5. The molecule has 0 atom stereocenters. The molecule has 1 aliphatic heterocycles. The molecule has 5 rings (SSSR count). The molecule has 4 aromatic rings. The number of pyridine rings is 1. The van der Waals surface area contributed by atoms with Gasteiger partial charge in [0.25, 0.3) is 5.91 Å². The standard InChI is InChI=1S/C34H38ClFN4O3/c1-20-15-23(16-21(2)29(20)32(42)43-8)38-13-14-39(34(6,7)19-38)31(41)28-12-10-24-25(22-9-11-26(35)27(36)17-22)18-40(30(24)37-28)33(3,4)5/h9-12,15-18H,13-14,19H2,1-8H3. The number of anilines is 1. The average molecular weight is 605 g/mol. The highest BCUT2D eigenvalue weighted by molar-refractivity contribution is 6.30. The number of halogens is 2. The lowest BCUT2D eigenvalue weighted by Crippen LogP contribution is -2.61. The number of nitrogens with zero attached hydrogens (tertiary/aromatic N) is 4. The summed E-state index contributed by atoms with van der Waals surface area (Å²) in [5, 5.41) is 0.902. The predicted octanol–water partition coefficient (Wildman–Crippen LogP) is 7.40. The zero-order valence-electron chi connectivity index (χ0n) is 26.0. The Morgan fingerprint density at radius 3 is 2.28 bits per heavy atom. The fourth-order valence-electron chi connectivity index (χ4n) is 6.06. The SMILES string of the molecule is COC(=O)c1c(C)cc(N2CCN(C(=O)c3ccc4c(-c5ccc(Cl)c(F)c5)cn(C(C)(C)C)c4n3)C(C)(C)C2)cc1C. The van der Waals surface area contributed by atoms with Crippen molar-refractivity contribution in [3.63, 3.8) is 0 Å². The number of aryl methyl sites for hydroxylation is 2. The van der Waals surface area contributed by atoms with Crippen LogP contribution in [0.1, 0.15) is 66.6 Å². The molecule has 3 heterocycles. The van der Waals surface area contributed by atoms with Gasteiger partial charge in [-0.3, -0.25) is 4.79 Å². The van der Waals surface area contributed by atoms with Crippen molar-refractivity contribution in [2.75, 3.05) is 31.6 Å². The third kappa shape index (κ3) is 5.60. The van der Waals surface area contributed by atoms with Crippen LogP contribution in [0, 0.1) is 19.7 Å². The average Bonchev–Trinajstić information content (AvgIpc) is 3.32. The van der Waals surface area contributed by atoms with Gasteiger partial charge in [0.05, 0.1) is 23.2 Å². The molecule has 1 aliphatic rings. The smallest absolute Gasteiger partial charge is 0.338 e. The van der Waals surface area contributed by atoms with Crippen LogP contribution in [0.4, 0.5) is 10.1 Å². The molecular formula is C34H38ClFN4O3. The minimum absolute atomic E-state index is 0.0699. The first kappa shape index (κ1) is 30.5. The zero-order chi connectivity index (χ0) is 31.4. The van der Waals surface area contributed by atoms with Crippen LogP contribution in [0.15, 0.2) is 48.7 Å². The van der Waals surface area contributed by atoms with Crippen LogP contribution in [0.3, 0.4) is 0 Å². The Labute approximate surface area is 257 Å². The molecule has 0 saturated carbocycles. The number of hydrogen-bond donors (Lipinski definition) is 0. The number of benzene rings is 2. The van der Waals surface area contributed by atoms with E-state index < -0.39 is 11.4 Å². The van der Waals surface area contributed by atoms with Crippen molar-refractivity contribution in [2.24, 2.45) is 0 Å². The lowest BCUT2D eigenvalue weighted by molar-refractivity contribution is 0.0507. The number of rotatable bonds is 4. The summed E-state index contributed by atoms with van der Waals surface area (Å²) < 4.78 is 21.4. The number of ether oxygens (including phenoxy) is 1. The molecule has 43 heavy (non-hydrogen) atoms. The second kappa shape index (κ2) is 11.0. The molecule has 2 aromatic heterocycles. The molecule has 9 heteroatoms. The first-order chi connectivity index (χ1) is 20.1. The maximum absolute atomic E-state index is 14.4. The van der Waals surface area contributed by atoms with Gasteiger partial charge in [-0.2, -0.15) is 0 Å². The molecule has 0 spiro atoms. The van der Waals surface area contributed by atoms with Crippen molar-refractivity contribution >= 4 is 40.2 Å². The minimum atomic E-state index is -0.493. The predicted molar refractivity (Wildman–Crippen MR) is 170 cm³/mol. The maximum Gasteiger partial charge on any atom is 0.338 e. The number of amides is 1. The summed E-state index contributed by atoms with van der Waals surface area (Å²) in [7, 11) is 1.39. The van der Waals surface area contributed by atoms with Gasteiger partial charge in [0.2, 0.25) is 0 Å². The van der Waals surface area contributed by atoms with Crippen molar-refractivity contribution < 1.29 is 18.7 Å². The lowest BCUT2D eigenvalue weighted by Gasteiger charge is -2.48. The molecule has 2 aromatic carbocycles. The van der Waals surface area contributed by atoms with Crippen LogP contribution < -0.4 is 4.90 Å². The van der Waals surface area contributed by atoms with E-state index in [0.717, 1.165) is 27.8 Å². The van der Waals surface area contributed by atoms with Gasteiger partial charge in [0.15, 0.2) is 0 Å². The van der Waals surface area contributed by atoms with Crippen LogP contribution in [-0.2, 0) is 10.3 Å². The van der Waals surface area contributed by atoms with Gasteiger partial charge in [0.1, 0.15) is 17.2 Å². The molecule has 1 fully saturated rings. The number of piperazine rings is 1. The van der Waals surface area contributed by atoms with Crippen LogP contribution in [0.25, 0.3) is 22.2 Å². The number of hydrogen-bond acceptors (Lipinski definition) is 5. The summed E-state index contributed by atoms with van der Waals surface area (Å²) in [6.45, 7) is 15.9. The first-order valence-electron chi connectivity index (χ1n) is 14.4. The molecule has 226 valence electrons. The monoisotopic (exact) mass is 604 g/mol. The van der Waals surface area contributed by atoms with E-state index in [9.17, 15) is 14.0 Å². The summed E-state index contributed by atoms with van der Waals surface area (Å²) in [6.07, 6.45) is 1.97. The van der Waals surface area contributed by atoms with Crippen LogP contribution in [0.2, 0.25) is 5.02 Å². The molecule has 0 bridgehead atoms. The normalized spacial score (nSPS) is 15.2. The van der Waals surface area contributed by atoms with E-state index in [-0.39, 0.29) is 22.4 Å². The van der Waals surface area contributed by atoms with Crippen molar-refractivity contribution in [1.29, 1.82) is 0 Å². The van der Waals surface area contributed by atoms with Gasteiger partial charge in [-0.25, -0.2) is 14.2 Å². The molecule has 1 saturated heterocycles. The van der Waals surface area contributed by atoms with Crippen LogP contribution in [-0.4, -0.2) is 58.6 Å². The number of carbonyl (C=O) groups excluding carboxylic acids is 2. The second-order valence-electron chi connectivity index (χ2n) is 12.9. The summed E-state index contributed by atoms with van der Waals surface area (Å²) in [5.74, 6) is -0.964. The Kier molecular flexibility index (Phi) is 7.80. The Balaban J connectivity index is 1.46. The van der Waals surface area contributed by atoms with Crippen molar-refractivity contribution in [1.82, 2.24) is 14.5 Å². The topological polar surface area (TPSA) is 67.7 Å². The fraction of sp³-hybridized carbons (Fsp3) is 0.382. The van der Waals surface area contributed by atoms with E-state index >= 15 is 0 Å². The molecular weight excluding hydrogens is 567 g/mol. The molecule has 0 radical (unpaired) electrons. The van der Waals surface area contributed by atoms with Gasteiger partial charge in [-0.15, -0.1) is 0 Å². The van der Waals surface area contributed by atoms with Gasteiger partial charge in [0, 0.05) is 48.0 Å². The third-order valence-electron chi connectivity index (χ3n) is 8.24. The summed E-state index contributed by atoms with van der Waals surface area (Å²) in [5.41, 5.74) is 5.03. The van der Waals surface area contributed by atoms with Gasteiger partial charge < -0.3 is 19.1 Å². The molecule has 7 nitrogen and oxygen atoms in total. The van der Waals surface area contributed by atoms with Gasteiger partial charge in [-0.1, -0.05) is 17.7 Å². The highest BCUT2D eigenvalue weighted by Crippen LogP contribution is 2.36. The summed E-state index contributed by atoms with van der Waals surface area (Å²) >= 11 is 5.94. The van der Waals surface area contributed by atoms with E-state index in [4.69, 9.17) is 21.3 Å². The van der Waals surface area contributed by atoms with E-state index in [1.54, 1.807) is 18.2 Å². The second-order valence-corrected chi connectivity index (χ2v) is 13.3. The third-order valence-corrected chi connectivity index (χ3v) is 8.55. The lowest BCUT2D eigenvalue weighted by atomic mass is 9.96. The maximum atomic E-state index is 14.4. The molecule has 0 unspecified atom stereocenters. The van der Waals surface area contributed by atoms with E-state index in [1.165, 1.54) is 13.2 Å². The van der Waals surface area contributed by atoms with Crippen LogP contribution in [0.5, 0.6) is 0 Å². The highest BCUT2D eigenvalue weighted by Gasteiger charge is 2.38. The van der Waals surface area contributed by atoms with Crippen molar-refractivity contribution in [2.45, 2.75) is 59.5 Å². The Bertz CT molecular complexity index is 1730. The minimum Gasteiger partial charge on any atom is -0.465 e. The Hall–Kier alpha value is -3.91. The van der Waals surface area contributed by atoms with E-state index in [1.807, 2.05) is 47.7 Å². The van der Waals surface area contributed by atoms with Gasteiger partial charge in [-0.05, 0) is 102 Å². The Morgan fingerprint density at radius 2 is 1.70 bits per heavy atom. The quantitative estimate of drug-likeness (QED) is 0.227. The molecule has 0 N–H and O–H groups in total. The number of fused-ring (bicyclic) bond motifs is 1. The number of aromatic nitrogens is 2. The largest absolute Gasteiger partial charge is 0.465 e. The number of esters is 1. The molecule has 0 aliphatic carbocycles. The van der Waals surface area contributed by atoms with Crippen LogP contribution >= 0.6 is 11.6 Å². The van der Waals surface area contributed by atoms with E-state index in [0.29, 0.717) is 42.1 Å². The summed E-state index contributed by atoms with van der Waals surface area (Å²) in [6, 6.07) is 12.4. The van der Waals surface area contributed by atoms with Crippen molar-refractivity contribution in [3.8, 4) is 11.1 Å². The van der Waals surface area contributed by atoms with Gasteiger partial charge >= 0.3 is 5.97 Å². The van der Waals surface area contributed by atoms with E-state index in [2.05, 4.69) is 39.5 Å². The Morgan fingerprint density at radius 1 is 1.02 bits per heavy atom. The first-order valence-corrected chi connectivity index (χ1v) is 14.7. The fourth-order valence-corrected chi connectivity index (χ4v) is 6.18. The number of carbonyl (C=O) groups is 2. The number of methoxy groups -OCH3 is 1.